The average molecular weight is 278 g/mol. The molecule has 4 heteroatoms. The number of para-hydroxylation sites is 1. The number of likely N-dealkylation sites (tertiary alicyclic amines) is 1. The fraction of sp³-hybridized carbons (Fsp3) is 0.562. The maximum Gasteiger partial charge on any atom is 0.171 e. The Morgan fingerprint density at radius 3 is 3.00 bits per heavy atom. The number of benzene rings is 1. The summed E-state index contributed by atoms with van der Waals surface area (Å²) in [6.07, 6.45) is 3.45. The van der Waals surface area contributed by atoms with Gasteiger partial charge in [0.25, 0.3) is 0 Å². The molecule has 1 aliphatic rings. The Morgan fingerprint density at radius 2 is 2.30 bits per heavy atom. The zero-order chi connectivity index (χ0) is 14.4. The van der Waals surface area contributed by atoms with E-state index in [1.165, 1.54) is 25.9 Å². The van der Waals surface area contributed by atoms with Gasteiger partial charge in [-0.1, -0.05) is 13.0 Å². The minimum atomic E-state index is 0.548. The lowest BCUT2D eigenvalue weighted by Gasteiger charge is -2.27. The molecule has 0 aliphatic carbocycles. The number of quaternary nitrogens is 1. The Morgan fingerprint density at radius 1 is 1.45 bits per heavy atom. The molecule has 0 amide bonds. The summed E-state index contributed by atoms with van der Waals surface area (Å²) < 4.78 is 11.1. The highest BCUT2D eigenvalue weighted by atomic mass is 16.5. The van der Waals surface area contributed by atoms with Crippen molar-refractivity contribution in [2.45, 2.75) is 19.8 Å². The molecular weight excluding hydrogens is 254 g/mol. The minimum Gasteiger partial charge on any atom is -0.493 e. The van der Waals surface area contributed by atoms with Gasteiger partial charge in [0.15, 0.2) is 17.8 Å². The van der Waals surface area contributed by atoms with Gasteiger partial charge in [-0.2, -0.15) is 0 Å². The van der Waals surface area contributed by atoms with E-state index in [4.69, 9.17) is 9.47 Å². The number of hydrogen-bond donors (Lipinski definition) is 1. The first-order valence-corrected chi connectivity index (χ1v) is 7.33. The van der Waals surface area contributed by atoms with Gasteiger partial charge < -0.3 is 14.4 Å². The summed E-state index contributed by atoms with van der Waals surface area (Å²) in [6, 6.07) is 5.37. The quantitative estimate of drug-likeness (QED) is 0.795. The number of ether oxygens (including phenoxy) is 2. The molecule has 2 rings (SSSR count). The SMILES string of the molecule is COc1cccc(C=O)c1OCC[NH+]1CCC[C@@H](C)C1. The number of hydrogen-bond acceptors (Lipinski definition) is 3. The first kappa shape index (κ1) is 14.9. The number of aldehydes is 1. The summed E-state index contributed by atoms with van der Waals surface area (Å²) >= 11 is 0. The van der Waals surface area contributed by atoms with Crippen molar-refractivity contribution >= 4 is 6.29 Å². The first-order valence-electron chi connectivity index (χ1n) is 7.33. The number of nitrogens with one attached hydrogen (secondary N) is 1. The van der Waals surface area contributed by atoms with Crippen LogP contribution in [0.5, 0.6) is 11.5 Å². The second-order valence-electron chi connectivity index (χ2n) is 5.55. The number of carbonyl (C=O) groups is 1. The van der Waals surface area contributed by atoms with Crippen LogP contribution in [0, 0.1) is 5.92 Å². The van der Waals surface area contributed by atoms with Gasteiger partial charge in [0, 0.05) is 5.92 Å². The molecule has 1 N–H and O–H groups in total. The molecule has 1 heterocycles. The molecule has 0 radical (unpaired) electrons. The van der Waals surface area contributed by atoms with E-state index in [-0.39, 0.29) is 0 Å². The Kier molecular flexibility index (Phi) is 5.41. The number of piperidine rings is 1. The molecular formula is C16H24NO3+. The Labute approximate surface area is 120 Å². The molecule has 4 nitrogen and oxygen atoms in total. The highest BCUT2D eigenvalue weighted by Crippen LogP contribution is 2.29. The van der Waals surface area contributed by atoms with Crippen molar-refractivity contribution in [1.82, 2.24) is 0 Å². The van der Waals surface area contributed by atoms with Crippen LogP contribution in [-0.4, -0.2) is 39.6 Å². The summed E-state index contributed by atoms with van der Waals surface area (Å²) in [5, 5.41) is 0. The molecule has 20 heavy (non-hydrogen) atoms. The Bertz CT molecular complexity index is 447. The van der Waals surface area contributed by atoms with Crippen molar-refractivity contribution in [1.29, 1.82) is 0 Å². The summed E-state index contributed by atoms with van der Waals surface area (Å²) in [5.74, 6) is 1.99. The molecule has 1 saturated heterocycles. The average Bonchev–Trinajstić information content (AvgIpc) is 2.47. The van der Waals surface area contributed by atoms with Crippen LogP contribution in [0.2, 0.25) is 0 Å². The Balaban J connectivity index is 1.91. The van der Waals surface area contributed by atoms with Crippen LogP contribution in [-0.2, 0) is 0 Å². The highest BCUT2D eigenvalue weighted by Gasteiger charge is 2.19. The maximum absolute atomic E-state index is 11.1. The van der Waals surface area contributed by atoms with Crippen molar-refractivity contribution in [3.05, 3.63) is 23.8 Å². The van der Waals surface area contributed by atoms with Gasteiger partial charge in [0.05, 0.1) is 25.8 Å². The maximum atomic E-state index is 11.1. The lowest BCUT2D eigenvalue weighted by atomic mass is 10.0. The molecule has 1 aliphatic heterocycles. The summed E-state index contributed by atoms with van der Waals surface area (Å²) in [6.45, 7) is 6.34. The Hall–Kier alpha value is -1.55. The lowest BCUT2D eigenvalue weighted by molar-refractivity contribution is -0.908. The van der Waals surface area contributed by atoms with Crippen LogP contribution in [0.3, 0.4) is 0 Å². The highest BCUT2D eigenvalue weighted by molar-refractivity contribution is 5.81. The molecule has 2 atom stereocenters. The minimum absolute atomic E-state index is 0.548. The number of carbonyl (C=O) groups excluding carboxylic acids is 1. The predicted octanol–water partition coefficient (Wildman–Crippen LogP) is 1.20. The molecule has 0 spiro atoms. The van der Waals surface area contributed by atoms with E-state index in [1.807, 2.05) is 6.07 Å². The van der Waals surface area contributed by atoms with E-state index in [2.05, 4.69) is 6.92 Å². The summed E-state index contributed by atoms with van der Waals surface area (Å²) in [5.41, 5.74) is 0.548. The van der Waals surface area contributed by atoms with Crippen LogP contribution in [0.25, 0.3) is 0 Å². The second-order valence-corrected chi connectivity index (χ2v) is 5.55. The molecule has 0 aromatic heterocycles. The second kappa shape index (κ2) is 7.29. The summed E-state index contributed by atoms with van der Waals surface area (Å²) in [7, 11) is 1.59. The molecule has 1 aromatic carbocycles. The van der Waals surface area contributed by atoms with Crippen LogP contribution >= 0.6 is 0 Å². The third-order valence-corrected chi connectivity index (χ3v) is 3.92. The third kappa shape index (κ3) is 3.73. The van der Waals surface area contributed by atoms with Gasteiger partial charge in [0.2, 0.25) is 0 Å². The predicted molar refractivity (Wildman–Crippen MR) is 77.8 cm³/mol. The van der Waals surface area contributed by atoms with Gasteiger partial charge in [-0.15, -0.1) is 0 Å². The molecule has 0 bridgehead atoms. The lowest BCUT2D eigenvalue weighted by Crippen LogP contribution is -3.14. The van der Waals surface area contributed by atoms with Crippen molar-refractivity contribution in [2.75, 3.05) is 33.4 Å². The van der Waals surface area contributed by atoms with Crippen molar-refractivity contribution in [2.24, 2.45) is 5.92 Å². The molecule has 1 unspecified atom stereocenters. The number of methoxy groups -OCH3 is 1. The molecule has 1 fully saturated rings. The van der Waals surface area contributed by atoms with Gasteiger partial charge in [-0.3, -0.25) is 4.79 Å². The van der Waals surface area contributed by atoms with Crippen molar-refractivity contribution < 1.29 is 19.2 Å². The van der Waals surface area contributed by atoms with E-state index < -0.39 is 0 Å². The zero-order valence-electron chi connectivity index (χ0n) is 12.4. The normalized spacial score (nSPS) is 22.3. The van der Waals surface area contributed by atoms with Gasteiger partial charge in [-0.05, 0) is 25.0 Å². The molecule has 110 valence electrons. The first-order chi connectivity index (χ1) is 9.74. The van der Waals surface area contributed by atoms with Crippen molar-refractivity contribution in [3.63, 3.8) is 0 Å². The molecule has 0 saturated carbocycles. The van der Waals surface area contributed by atoms with Gasteiger partial charge in [-0.25, -0.2) is 0 Å². The van der Waals surface area contributed by atoms with Gasteiger partial charge in [0.1, 0.15) is 13.2 Å². The van der Waals surface area contributed by atoms with Crippen LogP contribution in [0.4, 0.5) is 0 Å². The van der Waals surface area contributed by atoms with E-state index in [9.17, 15) is 4.79 Å². The van der Waals surface area contributed by atoms with Gasteiger partial charge >= 0.3 is 0 Å². The smallest absolute Gasteiger partial charge is 0.171 e. The third-order valence-electron chi connectivity index (χ3n) is 3.92. The van der Waals surface area contributed by atoms with E-state index >= 15 is 0 Å². The van der Waals surface area contributed by atoms with Crippen molar-refractivity contribution in [3.8, 4) is 11.5 Å². The standard InChI is InChI=1S/C16H23NO3/c1-13-5-4-8-17(11-13)9-10-20-16-14(12-18)6-3-7-15(16)19-2/h3,6-7,12-13H,4-5,8-11H2,1-2H3/p+1/t13-/m1/s1. The summed E-state index contributed by atoms with van der Waals surface area (Å²) in [4.78, 5) is 12.7. The van der Waals surface area contributed by atoms with E-state index in [0.29, 0.717) is 23.7 Å². The zero-order valence-corrected chi connectivity index (χ0v) is 12.4. The fourth-order valence-corrected chi connectivity index (χ4v) is 2.86. The van der Waals surface area contributed by atoms with Crippen LogP contribution in [0.1, 0.15) is 30.1 Å². The molecule has 1 aromatic rings. The fourth-order valence-electron chi connectivity index (χ4n) is 2.86. The van der Waals surface area contributed by atoms with Crippen LogP contribution < -0.4 is 14.4 Å². The largest absolute Gasteiger partial charge is 0.493 e. The number of rotatable bonds is 6. The topological polar surface area (TPSA) is 40.0 Å². The van der Waals surface area contributed by atoms with E-state index in [0.717, 1.165) is 18.7 Å². The van der Waals surface area contributed by atoms with E-state index in [1.54, 1.807) is 24.1 Å². The van der Waals surface area contributed by atoms with Crippen LogP contribution in [0.15, 0.2) is 18.2 Å². The monoisotopic (exact) mass is 278 g/mol.